The third-order valence-corrected chi connectivity index (χ3v) is 4.30. The van der Waals surface area contributed by atoms with Gasteiger partial charge in [0.2, 0.25) is 0 Å². The highest BCUT2D eigenvalue weighted by Crippen LogP contribution is 2.19. The fraction of sp³-hybridized carbons (Fsp3) is 0.368. The van der Waals surface area contributed by atoms with E-state index in [4.69, 9.17) is 4.74 Å². The maximum Gasteiger partial charge on any atom is 0.318 e. The zero-order valence-corrected chi connectivity index (χ0v) is 14.2. The molecule has 2 aromatic rings. The zero-order valence-electron chi connectivity index (χ0n) is 14.2. The number of hydrogen-bond donors (Lipinski definition) is 1. The molecule has 5 nitrogen and oxygen atoms in total. The smallest absolute Gasteiger partial charge is 0.318 e. The number of carbonyl (C=O) groups excluding carboxylic acids is 1. The number of aromatic nitrogens is 1. The minimum Gasteiger partial charge on any atom is -0.491 e. The Bertz CT molecular complexity index is 721. The molecule has 1 aliphatic rings. The Morgan fingerprint density at radius 3 is 2.92 bits per heavy atom. The van der Waals surface area contributed by atoms with E-state index in [0.717, 1.165) is 30.6 Å². The molecule has 1 aromatic heterocycles. The highest BCUT2D eigenvalue weighted by molar-refractivity contribution is 5.74. The fourth-order valence-electron chi connectivity index (χ4n) is 2.99. The normalized spacial score (nSPS) is 16.7. The predicted octanol–water partition coefficient (Wildman–Crippen LogP) is 3.28. The van der Waals surface area contributed by atoms with Gasteiger partial charge in [-0.1, -0.05) is 0 Å². The van der Waals surface area contributed by atoms with Crippen molar-refractivity contribution in [3.63, 3.8) is 0 Å². The Balaban J connectivity index is 1.51. The van der Waals surface area contributed by atoms with Crippen molar-refractivity contribution >= 4 is 6.03 Å². The van der Waals surface area contributed by atoms with E-state index < -0.39 is 0 Å². The molecular formula is C19H22FN3O2. The van der Waals surface area contributed by atoms with Crippen molar-refractivity contribution in [3.8, 4) is 5.75 Å². The maximum absolute atomic E-state index is 12.9. The number of carbonyl (C=O) groups is 1. The average molecular weight is 343 g/mol. The Labute approximate surface area is 146 Å². The second kappa shape index (κ2) is 7.96. The molecule has 2 heterocycles. The number of benzene rings is 1. The fourth-order valence-corrected chi connectivity index (χ4v) is 2.99. The molecule has 6 heteroatoms. The molecular weight excluding hydrogens is 321 g/mol. The molecule has 1 N–H and O–H groups in total. The summed E-state index contributed by atoms with van der Waals surface area (Å²) in [5.74, 6) is 0.321. The lowest BCUT2D eigenvalue weighted by molar-refractivity contribution is 0.165. The molecule has 1 saturated heterocycles. The second-order valence-corrected chi connectivity index (χ2v) is 6.22. The number of hydrogen-bond acceptors (Lipinski definition) is 3. The van der Waals surface area contributed by atoms with E-state index in [-0.39, 0.29) is 17.9 Å². The highest BCUT2D eigenvalue weighted by atomic mass is 19.1. The van der Waals surface area contributed by atoms with Gasteiger partial charge in [0.15, 0.2) is 0 Å². The summed E-state index contributed by atoms with van der Waals surface area (Å²) >= 11 is 0. The van der Waals surface area contributed by atoms with Crippen LogP contribution in [0.15, 0.2) is 42.6 Å². The molecule has 0 unspecified atom stereocenters. The van der Waals surface area contributed by atoms with Crippen molar-refractivity contribution in [1.29, 1.82) is 0 Å². The second-order valence-electron chi connectivity index (χ2n) is 6.22. The van der Waals surface area contributed by atoms with Crippen molar-refractivity contribution in [2.24, 2.45) is 0 Å². The molecule has 0 aliphatic carbocycles. The van der Waals surface area contributed by atoms with Gasteiger partial charge in [-0.15, -0.1) is 0 Å². The SMILES string of the molecule is Cc1cc(CNC(=O)N2CCC[C@H]2COc2ccc(F)cc2)ccn1. The number of amides is 2. The van der Waals surface area contributed by atoms with E-state index in [1.54, 1.807) is 18.3 Å². The number of nitrogens with zero attached hydrogens (tertiary/aromatic N) is 2. The van der Waals surface area contributed by atoms with Crippen LogP contribution in [-0.4, -0.2) is 35.1 Å². The number of halogens is 1. The van der Waals surface area contributed by atoms with Crippen LogP contribution in [0.5, 0.6) is 5.75 Å². The average Bonchev–Trinajstić information content (AvgIpc) is 3.08. The Hall–Kier alpha value is -2.63. The van der Waals surface area contributed by atoms with Crippen LogP contribution in [0.1, 0.15) is 24.1 Å². The molecule has 1 atom stereocenters. The molecule has 3 rings (SSSR count). The van der Waals surface area contributed by atoms with Crippen LogP contribution in [0.25, 0.3) is 0 Å². The van der Waals surface area contributed by atoms with Gasteiger partial charge in [-0.3, -0.25) is 4.98 Å². The standard InChI is InChI=1S/C19H22FN3O2/c1-14-11-15(8-9-21-14)12-22-19(24)23-10-2-3-17(23)13-25-18-6-4-16(20)5-7-18/h4-9,11,17H,2-3,10,12-13H2,1H3,(H,22,24)/t17-/m0/s1. The number of pyridine rings is 1. The lowest BCUT2D eigenvalue weighted by Gasteiger charge is -2.25. The van der Waals surface area contributed by atoms with Crippen molar-refractivity contribution in [2.75, 3.05) is 13.2 Å². The van der Waals surface area contributed by atoms with E-state index >= 15 is 0 Å². The van der Waals surface area contributed by atoms with Crippen molar-refractivity contribution in [3.05, 3.63) is 59.7 Å². The molecule has 0 radical (unpaired) electrons. The van der Waals surface area contributed by atoms with E-state index in [2.05, 4.69) is 10.3 Å². The first-order valence-corrected chi connectivity index (χ1v) is 8.46. The number of ether oxygens (including phenoxy) is 1. The Morgan fingerprint density at radius 2 is 2.16 bits per heavy atom. The molecule has 0 saturated carbocycles. The van der Waals surface area contributed by atoms with Gasteiger partial charge in [0, 0.05) is 25.0 Å². The first-order valence-electron chi connectivity index (χ1n) is 8.46. The van der Waals surface area contributed by atoms with Crippen LogP contribution in [0.3, 0.4) is 0 Å². The molecule has 25 heavy (non-hydrogen) atoms. The molecule has 132 valence electrons. The third kappa shape index (κ3) is 4.68. The van der Waals surface area contributed by atoms with Gasteiger partial charge < -0.3 is 15.0 Å². The van der Waals surface area contributed by atoms with Gasteiger partial charge in [0.05, 0.1) is 6.04 Å². The summed E-state index contributed by atoms with van der Waals surface area (Å²) in [5, 5.41) is 2.96. The van der Waals surface area contributed by atoms with Crippen LogP contribution in [0.4, 0.5) is 9.18 Å². The van der Waals surface area contributed by atoms with Gasteiger partial charge in [-0.25, -0.2) is 9.18 Å². The van der Waals surface area contributed by atoms with Gasteiger partial charge >= 0.3 is 6.03 Å². The molecule has 1 aliphatic heterocycles. The lowest BCUT2D eigenvalue weighted by Crippen LogP contribution is -2.44. The first kappa shape index (κ1) is 17.2. The van der Waals surface area contributed by atoms with Crippen molar-refractivity contribution in [2.45, 2.75) is 32.4 Å². The number of urea groups is 1. The minimum atomic E-state index is -0.291. The topological polar surface area (TPSA) is 54.5 Å². The summed E-state index contributed by atoms with van der Waals surface area (Å²) in [6, 6.07) is 9.73. The summed E-state index contributed by atoms with van der Waals surface area (Å²) in [5.41, 5.74) is 1.96. The molecule has 2 amide bonds. The highest BCUT2D eigenvalue weighted by Gasteiger charge is 2.29. The molecule has 0 spiro atoms. The molecule has 1 aromatic carbocycles. The van der Waals surface area contributed by atoms with Gasteiger partial charge in [-0.2, -0.15) is 0 Å². The van der Waals surface area contributed by atoms with Crippen LogP contribution >= 0.6 is 0 Å². The quantitative estimate of drug-likeness (QED) is 0.906. The number of rotatable bonds is 5. The van der Waals surface area contributed by atoms with Crippen LogP contribution < -0.4 is 10.1 Å². The van der Waals surface area contributed by atoms with Crippen LogP contribution in [-0.2, 0) is 6.54 Å². The summed E-state index contributed by atoms with van der Waals surface area (Å²) in [6.07, 6.45) is 3.61. The van der Waals surface area contributed by atoms with Crippen LogP contribution in [0, 0.1) is 12.7 Å². The predicted molar refractivity (Wildman–Crippen MR) is 92.8 cm³/mol. The number of likely N-dealkylation sites (tertiary alicyclic amines) is 1. The number of nitrogens with one attached hydrogen (secondary N) is 1. The number of aryl methyl sites for hydroxylation is 1. The lowest BCUT2D eigenvalue weighted by atomic mass is 10.2. The summed E-state index contributed by atoms with van der Waals surface area (Å²) in [7, 11) is 0. The summed E-state index contributed by atoms with van der Waals surface area (Å²) < 4.78 is 18.6. The van der Waals surface area contributed by atoms with E-state index in [1.165, 1.54) is 12.1 Å². The monoisotopic (exact) mass is 343 g/mol. The van der Waals surface area contributed by atoms with E-state index in [9.17, 15) is 9.18 Å². The van der Waals surface area contributed by atoms with Gasteiger partial charge in [0.1, 0.15) is 18.2 Å². The summed E-state index contributed by atoms with van der Waals surface area (Å²) in [4.78, 5) is 18.4. The largest absolute Gasteiger partial charge is 0.491 e. The molecule has 1 fully saturated rings. The van der Waals surface area contributed by atoms with Gasteiger partial charge in [0.25, 0.3) is 0 Å². The third-order valence-electron chi connectivity index (χ3n) is 4.30. The Kier molecular flexibility index (Phi) is 5.48. The maximum atomic E-state index is 12.9. The van der Waals surface area contributed by atoms with E-state index in [1.807, 2.05) is 24.0 Å². The van der Waals surface area contributed by atoms with Crippen molar-refractivity contribution in [1.82, 2.24) is 15.2 Å². The first-order chi connectivity index (χ1) is 12.1. The van der Waals surface area contributed by atoms with E-state index in [0.29, 0.717) is 18.9 Å². The zero-order chi connectivity index (χ0) is 17.6. The van der Waals surface area contributed by atoms with Gasteiger partial charge in [-0.05, 0) is 61.7 Å². The Morgan fingerprint density at radius 1 is 1.36 bits per heavy atom. The minimum absolute atomic E-state index is 0.0317. The van der Waals surface area contributed by atoms with Crippen molar-refractivity contribution < 1.29 is 13.9 Å². The van der Waals surface area contributed by atoms with Crippen LogP contribution in [0.2, 0.25) is 0 Å². The summed E-state index contributed by atoms with van der Waals surface area (Å²) in [6.45, 7) is 3.53. The molecule has 0 bridgehead atoms.